The maximum absolute atomic E-state index is 12.1. The standard InChI is InChI=1S/C15H13F3N2O2/c16-15(17,18)22-12-5-1-10(2-6-12)9-20-14(21)8-7-13(19-20)11-3-4-11/h1-2,5-8,11H,3-4,9H2. The molecule has 0 aliphatic heterocycles. The highest BCUT2D eigenvalue weighted by atomic mass is 19.4. The van der Waals surface area contributed by atoms with Crippen LogP contribution < -0.4 is 10.3 Å². The fraction of sp³-hybridized carbons (Fsp3) is 0.333. The molecule has 1 heterocycles. The van der Waals surface area contributed by atoms with Crippen LogP contribution in [-0.4, -0.2) is 16.1 Å². The van der Waals surface area contributed by atoms with Crippen LogP contribution in [0.25, 0.3) is 0 Å². The molecule has 1 aliphatic carbocycles. The minimum absolute atomic E-state index is 0.214. The Morgan fingerprint density at radius 2 is 1.82 bits per heavy atom. The predicted molar refractivity (Wildman–Crippen MR) is 72.7 cm³/mol. The molecular formula is C15H13F3N2O2. The summed E-state index contributed by atoms with van der Waals surface area (Å²) in [6.07, 6.45) is -2.55. The van der Waals surface area contributed by atoms with Gasteiger partial charge in [-0.3, -0.25) is 4.79 Å². The lowest BCUT2D eigenvalue weighted by molar-refractivity contribution is -0.274. The van der Waals surface area contributed by atoms with Crippen molar-refractivity contribution >= 4 is 0 Å². The molecule has 1 saturated carbocycles. The van der Waals surface area contributed by atoms with Crippen molar-refractivity contribution < 1.29 is 17.9 Å². The number of benzene rings is 1. The molecule has 1 aromatic heterocycles. The zero-order valence-electron chi connectivity index (χ0n) is 11.5. The van der Waals surface area contributed by atoms with Gasteiger partial charge in [-0.1, -0.05) is 12.1 Å². The second-order valence-electron chi connectivity index (χ2n) is 5.22. The van der Waals surface area contributed by atoms with E-state index in [1.807, 2.05) is 0 Å². The second-order valence-corrected chi connectivity index (χ2v) is 5.22. The zero-order valence-corrected chi connectivity index (χ0v) is 11.5. The summed E-state index contributed by atoms with van der Waals surface area (Å²) in [5.74, 6) is 0.137. The van der Waals surface area contributed by atoms with Gasteiger partial charge in [0.2, 0.25) is 0 Å². The van der Waals surface area contributed by atoms with Crippen LogP contribution in [-0.2, 0) is 6.54 Å². The molecule has 0 atom stereocenters. The normalized spacial score (nSPS) is 14.9. The van der Waals surface area contributed by atoms with Crippen LogP contribution in [0, 0.1) is 0 Å². The van der Waals surface area contributed by atoms with E-state index < -0.39 is 6.36 Å². The topological polar surface area (TPSA) is 44.1 Å². The Morgan fingerprint density at radius 1 is 1.14 bits per heavy atom. The largest absolute Gasteiger partial charge is 0.573 e. The summed E-state index contributed by atoms with van der Waals surface area (Å²) in [5, 5.41) is 4.30. The van der Waals surface area contributed by atoms with Gasteiger partial charge in [0.1, 0.15) is 5.75 Å². The highest BCUT2D eigenvalue weighted by Crippen LogP contribution is 2.38. The molecule has 22 heavy (non-hydrogen) atoms. The third-order valence-corrected chi connectivity index (χ3v) is 3.37. The molecule has 0 radical (unpaired) electrons. The number of ether oxygens (including phenoxy) is 1. The van der Waals surface area contributed by atoms with Gasteiger partial charge in [0.25, 0.3) is 5.56 Å². The van der Waals surface area contributed by atoms with Gasteiger partial charge in [0.15, 0.2) is 0 Å². The molecule has 0 saturated heterocycles. The molecule has 2 aromatic rings. The number of hydrogen-bond acceptors (Lipinski definition) is 3. The molecule has 4 nitrogen and oxygen atoms in total. The summed E-state index contributed by atoms with van der Waals surface area (Å²) in [4.78, 5) is 11.8. The van der Waals surface area contributed by atoms with Gasteiger partial charge in [0, 0.05) is 12.0 Å². The van der Waals surface area contributed by atoms with E-state index in [0.29, 0.717) is 11.5 Å². The van der Waals surface area contributed by atoms with E-state index >= 15 is 0 Å². The Morgan fingerprint density at radius 3 is 2.41 bits per heavy atom. The van der Waals surface area contributed by atoms with Gasteiger partial charge in [0.05, 0.1) is 12.2 Å². The molecule has 0 bridgehead atoms. The Bertz CT molecular complexity index is 719. The Hall–Kier alpha value is -2.31. The maximum atomic E-state index is 12.1. The SMILES string of the molecule is O=c1ccc(C2CC2)nn1Cc1ccc(OC(F)(F)F)cc1. The molecule has 3 rings (SSSR count). The summed E-state index contributed by atoms with van der Waals surface area (Å²) in [7, 11) is 0. The van der Waals surface area contributed by atoms with E-state index in [9.17, 15) is 18.0 Å². The van der Waals surface area contributed by atoms with Crippen LogP contribution in [0.15, 0.2) is 41.2 Å². The molecule has 116 valence electrons. The van der Waals surface area contributed by atoms with Gasteiger partial charge in [-0.15, -0.1) is 13.2 Å². The third-order valence-electron chi connectivity index (χ3n) is 3.37. The minimum atomic E-state index is -4.71. The molecule has 0 spiro atoms. The van der Waals surface area contributed by atoms with Gasteiger partial charge < -0.3 is 4.74 Å². The molecule has 0 N–H and O–H groups in total. The van der Waals surface area contributed by atoms with Crippen molar-refractivity contribution in [2.45, 2.75) is 31.7 Å². The van der Waals surface area contributed by atoms with Gasteiger partial charge in [-0.2, -0.15) is 5.10 Å². The van der Waals surface area contributed by atoms with Crippen molar-refractivity contribution in [3.05, 3.63) is 58.0 Å². The summed E-state index contributed by atoms with van der Waals surface area (Å²) in [6, 6.07) is 8.62. The van der Waals surface area contributed by atoms with Crippen LogP contribution in [0.2, 0.25) is 0 Å². The third kappa shape index (κ3) is 3.66. The van der Waals surface area contributed by atoms with Crippen molar-refractivity contribution in [1.82, 2.24) is 9.78 Å². The summed E-state index contributed by atoms with van der Waals surface area (Å²) in [5.41, 5.74) is 1.33. The Balaban J connectivity index is 1.75. The molecule has 0 amide bonds. The quantitative estimate of drug-likeness (QED) is 0.872. The van der Waals surface area contributed by atoms with Crippen molar-refractivity contribution in [2.75, 3.05) is 0 Å². The smallest absolute Gasteiger partial charge is 0.406 e. The first-order chi connectivity index (χ1) is 10.4. The number of halogens is 3. The number of alkyl halides is 3. The average Bonchev–Trinajstić information content (AvgIpc) is 3.26. The van der Waals surface area contributed by atoms with E-state index in [1.165, 1.54) is 35.0 Å². The summed E-state index contributed by atoms with van der Waals surface area (Å²) >= 11 is 0. The van der Waals surface area contributed by atoms with E-state index in [1.54, 1.807) is 6.07 Å². The first-order valence-corrected chi connectivity index (χ1v) is 6.83. The number of hydrogen-bond donors (Lipinski definition) is 0. The Kier molecular flexibility index (Phi) is 3.64. The lowest BCUT2D eigenvalue weighted by Gasteiger charge is -2.10. The lowest BCUT2D eigenvalue weighted by atomic mass is 10.2. The van der Waals surface area contributed by atoms with E-state index in [0.717, 1.165) is 18.5 Å². The first kappa shape index (κ1) is 14.6. The van der Waals surface area contributed by atoms with Gasteiger partial charge in [-0.05, 0) is 36.6 Å². The number of rotatable bonds is 4. The Labute approximate surface area is 124 Å². The van der Waals surface area contributed by atoms with Crippen molar-refractivity contribution in [2.24, 2.45) is 0 Å². The molecule has 1 fully saturated rings. The van der Waals surface area contributed by atoms with E-state index in [4.69, 9.17) is 0 Å². The summed E-state index contributed by atoms with van der Waals surface area (Å²) in [6.45, 7) is 0.214. The minimum Gasteiger partial charge on any atom is -0.406 e. The van der Waals surface area contributed by atoms with Gasteiger partial charge >= 0.3 is 6.36 Å². The molecular weight excluding hydrogens is 297 g/mol. The fourth-order valence-electron chi connectivity index (χ4n) is 2.14. The monoisotopic (exact) mass is 310 g/mol. The summed E-state index contributed by atoms with van der Waals surface area (Å²) < 4.78 is 41.4. The maximum Gasteiger partial charge on any atom is 0.573 e. The van der Waals surface area contributed by atoms with Crippen LogP contribution in [0.1, 0.15) is 30.0 Å². The van der Waals surface area contributed by atoms with E-state index in [-0.39, 0.29) is 17.9 Å². The lowest BCUT2D eigenvalue weighted by Crippen LogP contribution is -2.23. The van der Waals surface area contributed by atoms with Crippen LogP contribution in [0.5, 0.6) is 5.75 Å². The molecule has 1 aromatic carbocycles. The van der Waals surface area contributed by atoms with E-state index in [2.05, 4.69) is 9.84 Å². The van der Waals surface area contributed by atoms with Crippen LogP contribution >= 0.6 is 0 Å². The average molecular weight is 310 g/mol. The zero-order chi connectivity index (χ0) is 15.7. The fourth-order valence-corrected chi connectivity index (χ4v) is 2.14. The second kappa shape index (κ2) is 5.47. The number of aromatic nitrogens is 2. The predicted octanol–water partition coefficient (Wildman–Crippen LogP) is 3.07. The van der Waals surface area contributed by atoms with Crippen molar-refractivity contribution in [3.8, 4) is 5.75 Å². The molecule has 0 unspecified atom stereocenters. The highest BCUT2D eigenvalue weighted by Gasteiger charge is 2.31. The highest BCUT2D eigenvalue weighted by molar-refractivity contribution is 5.27. The first-order valence-electron chi connectivity index (χ1n) is 6.83. The van der Waals surface area contributed by atoms with Crippen LogP contribution in [0.4, 0.5) is 13.2 Å². The van der Waals surface area contributed by atoms with Crippen LogP contribution in [0.3, 0.4) is 0 Å². The molecule has 1 aliphatic rings. The number of nitrogens with zero attached hydrogens (tertiary/aromatic N) is 2. The van der Waals surface area contributed by atoms with Gasteiger partial charge in [-0.25, -0.2) is 4.68 Å². The molecule has 7 heteroatoms. The van der Waals surface area contributed by atoms with Crippen molar-refractivity contribution in [3.63, 3.8) is 0 Å². The van der Waals surface area contributed by atoms with Crippen molar-refractivity contribution in [1.29, 1.82) is 0 Å².